The number of benzene rings is 2. The normalized spacial score (nSPS) is 12.2. The molecule has 2 unspecified atom stereocenters. The Morgan fingerprint density at radius 3 is 1.94 bits per heavy atom. The lowest BCUT2D eigenvalue weighted by atomic mass is 10.0. The molecule has 2 aromatic carbocycles. The van der Waals surface area contributed by atoms with Gasteiger partial charge >= 0.3 is 11.9 Å². The molecule has 3 amide bonds. The molecule has 0 aliphatic rings. The third-order valence-corrected chi connectivity index (χ3v) is 5.38. The number of aromatic hydroxyl groups is 1. The highest BCUT2D eigenvalue weighted by atomic mass is 16.4. The van der Waals surface area contributed by atoms with Crippen molar-refractivity contribution in [2.24, 2.45) is 5.73 Å². The molecule has 0 aliphatic heterocycles. The number of phenolic OH excluding ortho intramolecular Hbond substituents is 1. The second-order valence-electron chi connectivity index (χ2n) is 8.20. The highest BCUT2D eigenvalue weighted by Crippen LogP contribution is 2.23. The molecule has 36 heavy (non-hydrogen) atoms. The second kappa shape index (κ2) is 13.5. The van der Waals surface area contributed by atoms with E-state index in [2.05, 4.69) is 10.6 Å². The van der Waals surface area contributed by atoms with E-state index in [4.69, 9.17) is 15.9 Å². The number of amides is 3. The van der Waals surface area contributed by atoms with Gasteiger partial charge in [-0.25, -0.2) is 0 Å². The first-order chi connectivity index (χ1) is 17.0. The molecule has 0 radical (unpaired) electrons. The molecular formula is C25H29N3O8. The molecule has 192 valence electrons. The van der Waals surface area contributed by atoms with E-state index < -0.39 is 54.6 Å². The summed E-state index contributed by atoms with van der Waals surface area (Å²) >= 11 is 0. The molecule has 2 rings (SSSR count). The average molecular weight is 500 g/mol. The van der Waals surface area contributed by atoms with Crippen molar-refractivity contribution >= 4 is 29.7 Å². The summed E-state index contributed by atoms with van der Waals surface area (Å²) in [6.07, 6.45) is -0.928. The zero-order valence-electron chi connectivity index (χ0n) is 19.5. The highest BCUT2D eigenvalue weighted by molar-refractivity contribution is 5.92. The van der Waals surface area contributed by atoms with Crippen LogP contribution in [0.15, 0.2) is 48.5 Å². The molecule has 0 spiro atoms. The molecule has 0 aromatic heterocycles. The molecule has 7 N–H and O–H groups in total. The van der Waals surface area contributed by atoms with Gasteiger partial charge in [-0.3, -0.25) is 24.0 Å². The van der Waals surface area contributed by atoms with Gasteiger partial charge in [0.2, 0.25) is 17.7 Å². The Kier molecular flexibility index (Phi) is 10.4. The minimum absolute atomic E-state index is 0.0145. The molecule has 11 heteroatoms. The molecule has 2 atom stereocenters. The molecule has 0 saturated carbocycles. The predicted octanol–water partition coefficient (Wildman–Crippen LogP) is 1.18. The quantitative estimate of drug-likeness (QED) is 0.223. The van der Waals surface area contributed by atoms with Gasteiger partial charge in [-0.15, -0.1) is 0 Å². The lowest BCUT2D eigenvalue weighted by Crippen LogP contribution is -2.53. The molecule has 2 aromatic rings. The van der Waals surface area contributed by atoms with Gasteiger partial charge in [0.05, 0.1) is 0 Å². The van der Waals surface area contributed by atoms with Gasteiger partial charge in [0.15, 0.2) is 0 Å². The summed E-state index contributed by atoms with van der Waals surface area (Å²) in [7, 11) is 0. The maximum Gasteiger partial charge on any atom is 0.303 e. The predicted molar refractivity (Wildman–Crippen MR) is 129 cm³/mol. The van der Waals surface area contributed by atoms with Crippen molar-refractivity contribution in [2.75, 3.05) is 0 Å². The number of nitrogens with one attached hydrogen (secondary N) is 2. The number of carboxylic acids is 2. The van der Waals surface area contributed by atoms with E-state index in [0.717, 1.165) is 16.7 Å². The third-order valence-electron chi connectivity index (χ3n) is 5.38. The largest absolute Gasteiger partial charge is 0.508 e. The number of primary amides is 1. The number of carbonyl (C=O) groups is 5. The summed E-state index contributed by atoms with van der Waals surface area (Å²) in [6, 6.07) is 11.7. The SMILES string of the molecule is NC(=O)C(CCC(=O)O)NC(=O)C(CCC(=O)O)NC(=O)CCc1ccc(-c2cccc(O)c2)cc1. The number of hydrogen-bond acceptors (Lipinski definition) is 6. The third kappa shape index (κ3) is 9.45. The number of rotatable bonds is 14. The number of carboxylic acid groups (broad SMARTS) is 2. The van der Waals surface area contributed by atoms with Gasteiger partial charge < -0.3 is 31.7 Å². The van der Waals surface area contributed by atoms with Crippen LogP contribution in [0.2, 0.25) is 0 Å². The van der Waals surface area contributed by atoms with Crippen molar-refractivity contribution in [2.45, 2.75) is 50.6 Å². The number of aryl methyl sites for hydroxylation is 1. The summed E-state index contributed by atoms with van der Waals surface area (Å²) in [5, 5.41) is 32.2. The Morgan fingerprint density at radius 2 is 1.39 bits per heavy atom. The van der Waals surface area contributed by atoms with Gasteiger partial charge in [-0.2, -0.15) is 0 Å². The molecule has 0 heterocycles. The van der Waals surface area contributed by atoms with Crippen molar-refractivity contribution < 1.29 is 39.3 Å². The van der Waals surface area contributed by atoms with Crippen LogP contribution in [0.25, 0.3) is 11.1 Å². The van der Waals surface area contributed by atoms with Crippen LogP contribution >= 0.6 is 0 Å². The fourth-order valence-corrected chi connectivity index (χ4v) is 3.44. The molecule has 0 bridgehead atoms. The Morgan fingerprint density at radius 1 is 0.778 bits per heavy atom. The van der Waals surface area contributed by atoms with Crippen molar-refractivity contribution in [3.05, 3.63) is 54.1 Å². The Hall–Kier alpha value is -4.41. The summed E-state index contributed by atoms with van der Waals surface area (Å²) in [4.78, 5) is 58.4. The van der Waals surface area contributed by atoms with Gasteiger partial charge in [-0.1, -0.05) is 36.4 Å². The van der Waals surface area contributed by atoms with Gasteiger partial charge in [-0.05, 0) is 48.1 Å². The molecule has 0 aliphatic carbocycles. The number of hydrogen-bond donors (Lipinski definition) is 6. The van der Waals surface area contributed by atoms with Crippen LogP contribution in [0, 0.1) is 0 Å². The fraction of sp³-hybridized carbons (Fsp3) is 0.320. The standard InChI is InChI=1S/C25H29N3O8/c26-24(35)19(9-12-22(31)32)28-25(36)20(10-13-23(33)34)27-21(30)11-6-15-4-7-16(8-5-15)17-2-1-3-18(29)14-17/h1-5,7-8,14,19-20,29H,6,9-13H2,(H2,26,35)(H,27,30)(H,28,36)(H,31,32)(H,33,34). The van der Waals surface area contributed by atoms with Crippen LogP contribution in [0.5, 0.6) is 5.75 Å². The van der Waals surface area contributed by atoms with Gasteiger partial charge in [0.25, 0.3) is 0 Å². The minimum atomic E-state index is -1.28. The van der Waals surface area contributed by atoms with E-state index in [1.807, 2.05) is 30.3 Å². The van der Waals surface area contributed by atoms with E-state index in [0.29, 0.717) is 6.42 Å². The summed E-state index contributed by atoms with van der Waals surface area (Å²) in [5.74, 6) is -4.47. The Bertz CT molecular complexity index is 1100. The highest BCUT2D eigenvalue weighted by Gasteiger charge is 2.26. The van der Waals surface area contributed by atoms with E-state index >= 15 is 0 Å². The number of aliphatic carboxylic acids is 2. The Balaban J connectivity index is 1.98. The zero-order valence-corrected chi connectivity index (χ0v) is 19.5. The average Bonchev–Trinajstić information content (AvgIpc) is 2.82. The Labute approximate surface area is 207 Å². The monoisotopic (exact) mass is 499 g/mol. The first-order valence-electron chi connectivity index (χ1n) is 11.3. The van der Waals surface area contributed by atoms with Crippen LogP contribution in [-0.2, 0) is 30.4 Å². The smallest absolute Gasteiger partial charge is 0.303 e. The number of carbonyl (C=O) groups excluding carboxylic acids is 3. The van der Waals surface area contributed by atoms with Crippen molar-refractivity contribution in [3.63, 3.8) is 0 Å². The molecular weight excluding hydrogens is 470 g/mol. The second-order valence-corrected chi connectivity index (χ2v) is 8.20. The van der Waals surface area contributed by atoms with Crippen LogP contribution in [0.4, 0.5) is 0 Å². The van der Waals surface area contributed by atoms with Crippen LogP contribution < -0.4 is 16.4 Å². The van der Waals surface area contributed by atoms with Crippen molar-refractivity contribution in [1.29, 1.82) is 0 Å². The lowest BCUT2D eigenvalue weighted by Gasteiger charge is -2.21. The van der Waals surface area contributed by atoms with Gasteiger partial charge in [0.1, 0.15) is 17.8 Å². The number of phenols is 1. The van der Waals surface area contributed by atoms with Crippen LogP contribution in [0.1, 0.15) is 37.7 Å². The summed E-state index contributed by atoms with van der Waals surface area (Å²) in [6.45, 7) is 0. The van der Waals surface area contributed by atoms with E-state index in [-0.39, 0.29) is 25.0 Å². The summed E-state index contributed by atoms with van der Waals surface area (Å²) < 4.78 is 0. The van der Waals surface area contributed by atoms with E-state index in [1.165, 1.54) is 0 Å². The maximum absolute atomic E-state index is 12.6. The zero-order chi connectivity index (χ0) is 26.7. The summed E-state index contributed by atoms with van der Waals surface area (Å²) in [5.41, 5.74) is 7.79. The van der Waals surface area contributed by atoms with Crippen LogP contribution in [-0.4, -0.2) is 57.1 Å². The van der Waals surface area contributed by atoms with Crippen molar-refractivity contribution in [1.82, 2.24) is 10.6 Å². The fourth-order valence-electron chi connectivity index (χ4n) is 3.44. The topological polar surface area (TPSA) is 196 Å². The molecule has 0 saturated heterocycles. The van der Waals surface area contributed by atoms with Gasteiger partial charge in [0, 0.05) is 19.3 Å². The number of nitrogens with two attached hydrogens (primary N) is 1. The van der Waals surface area contributed by atoms with E-state index in [9.17, 15) is 29.1 Å². The first kappa shape index (κ1) is 27.8. The first-order valence-corrected chi connectivity index (χ1v) is 11.3. The minimum Gasteiger partial charge on any atom is -0.508 e. The van der Waals surface area contributed by atoms with E-state index in [1.54, 1.807) is 18.2 Å². The molecule has 11 nitrogen and oxygen atoms in total. The van der Waals surface area contributed by atoms with Crippen LogP contribution in [0.3, 0.4) is 0 Å². The molecule has 0 fully saturated rings. The van der Waals surface area contributed by atoms with Crippen molar-refractivity contribution in [3.8, 4) is 16.9 Å². The lowest BCUT2D eigenvalue weighted by molar-refractivity contribution is -0.139. The maximum atomic E-state index is 12.6.